The maximum atomic E-state index is 11.6. The second kappa shape index (κ2) is 7.13. The molecule has 1 saturated heterocycles. The van der Waals surface area contributed by atoms with Gasteiger partial charge in [0.25, 0.3) is 0 Å². The number of unbranched alkanes of at least 4 members (excludes halogenated alkanes) is 1. The van der Waals surface area contributed by atoms with E-state index in [1.165, 1.54) is 19.3 Å². The summed E-state index contributed by atoms with van der Waals surface area (Å²) in [6.45, 7) is 8.39. The van der Waals surface area contributed by atoms with Crippen molar-refractivity contribution in [3.8, 4) is 0 Å². The molecule has 18 heavy (non-hydrogen) atoms. The van der Waals surface area contributed by atoms with Crippen LogP contribution in [-0.4, -0.2) is 34.6 Å². The molecule has 0 bridgehead atoms. The fourth-order valence-electron chi connectivity index (χ4n) is 3.22. The number of hydrogen-bond donors (Lipinski definition) is 1. The van der Waals surface area contributed by atoms with Crippen LogP contribution in [0.1, 0.15) is 65.7 Å². The average Bonchev–Trinajstić information content (AvgIpc) is 2.78. The van der Waals surface area contributed by atoms with Gasteiger partial charge >= 0.3 is 5.97 Å². The third-order valence-electron chi connectivity index (χ3n) is 4.63. The van der Waals surface area contributed by atoms with Crippen molar-refractivity contribution in [3.63, 3.8) is 0 Å². The minimum atomic E-state index is -0.618. The van der Waals surface area contributed by atoms with Gasteiger partial charge in [0.15, 0.2) is 0 Å². The van der Waals surface area contributed by atoms with E-state index >= 15 is 0 Å². The van der Waals surface area contributed by atoms with Gasteiger partial charge < -0.3 is 5.11 Å². The molecule has 0 aromatic carbocycles. The second-order valence-corrected chi connectivity index (χ2v) is 5.66. The van der Waals surface area contributed by atoms with Crippen LogP contribution in [0.15, 0.2) is 0 Å². The summed E-state index contributed by atoms with van der Waals surface area (Å²) in [6.07, 6.45) is 7.48. The number of rotatable bonds is 8. The standard InChI is InChI=1S/C15H29NO2/c1-4-7-9-13(5-2)12-16-11-8-10-15(16,6-3)14(17)18/h13H,4-12H2,1-3H3,(H,17,18). The highest BCUT2D eigenvalue weighted by Crippen LogP contribution is 2.34. The molecule has 0 aliphatic carbocycles. The number of carboxylic acid groups (broad SMARTS) is 1. The van der Waals surface area contributed by atoms with E-state index in [0.29, 0.717) is 5.92 Å². The van der Waals surface area contributed by atoms with Crippen LogP contribution in [0, 0.1) is 5.92 Å². The molecule has 1 heterocycles. The summed E-state index contributed by atoms with van der Waals surface area (Å²) in [7, 11) is 0. The van der Waals surface area contributed by atoms with Gasteiger partial charge in [-0.2, -0.15) is 0 Å². The molecule has 0 aromatic rings. The molecule has 106 valence electrons. The van der Waals surface area contributed by atoms with E-state index in [1.54, 1.807) is 0 Å². The summed E-state index contributed by atoms with van der Waals surface area (Å²) < 4.78 is 0. The lowest BCUT2D eigenvalue weighted by Gasteiger charge is -2.36. The first-order valence-electron chi connectivity index (χ1n) is 7.59. The minimum absolute atomic E-state index is 0.570. The summed E-state index contributed by atoms with van der Waals surface area (Å²) in [5.74, 6) is 0.0427. The molecule has 2 unspecified atom stereocenters. The molecule has 3 nitrogen and oxygen atoms in total. The van der Waals surface area contributed by atoms with Crippen molar-refractivity contribution in [3.05, 3.63) is 0 Å². The first-order valence-corrected chi connectivity index (χ1v) is 7.59. The Hall–Kier alpha value is -0.570. The van der Waals surface area contributed by atoms with Crippen LogP contribution in [0.4, 0.5) is 0 Å². The summed E-state index contributed by atoms with van der Waals surface area (Å²) >= 11 is 0. The SMILES string of the molecule is CCCCC(CC)CN1CCCC1(CC)C(=O)O. The molecular weight excluding hydrogens is 226 g/mol. The van der Waals surface area contributed by atoms with Crippen molar-refractivity contribution >= 4 is 5.97 Å². The highest BCUT2D eigenvalue weighted by Gasteiger charge is 2.46. The van der Waals surface area contributed by atoms with E-state index in [9.17, 15) is 9.90 Å². The Balaban J connectivity index is 2.65. The van der Waals surface area contributed by atoms with E-state index in [0.717, 1.165) is 38.8 Å². The normalized spacial score (nSPS) is 26.4. The molecule has 1 aliphatic heterocycles. The van der Waals surface area contributed by atoms with Crippen molar-refractivity contribution < 1.29 is 9.90 Å². The molecule has 0 aromatic heterocycles. The predicted octanol–water partition coefficient (Wildman–Crippen LogP) is 3.53. The topological polar surface area (TPSA) is 40.5 Å². The number of nitrogens with zero attached hydrogens (tertiary/aromatic N) is 1. The fourth-order valence-corrected chi connectivity index (χ4v) is 3.22. The van der Waals surface area contributed by atoms with E-state index in [4.69, 9.17) is 0 Å². The average molecular weight is 255 g/mol. The molecule has 0 radical (unpaired) electrons. The molecule has 0 spiro atoms. The van der Waals surface area contributed by atoms with Crippen molar-refractivity contribution in [2.24, 2.45) is 5.92 Å². The van der Waals surface area contributed by atoms with Gasteiger partial charge in [-0.3, -0.25) is 9.69 Å². The van der Waals surface area contributed by atoms with E-state index in [2.05, 4.69) is 18.7 Å². The molecule has 1 aliphatic rings. The van der Waals surface area contributed by atoms with Crippen molar-refractivity contribution in [1.29, 1.82) is 0 Å². The van der Waals surface area contributed by atoms with Gasteiger partial charge in [0.1, 0.15) is 5.54 Å². The van der Waals surface area contributed by atoms with Crippen LogP contribution >= 0.6 is 0 Å². The summed E-state index contributed by atoms with van der Waals surface area (Å²) in [4.78, 5) is 13.9. The number of carbonyl (C=O) groups is 1. The predicted molar refractivity (Wildman–Crippen MR) is 74.8 cm³/mol. The Morgan fingerprint density at radius 3 is 2.61 bits per heavy atom. The molecule has 1 rings (SSSR count). The Morgan fingerprint density at radius 2 is 2.11 bits per heavy atom. The first kappa shape index (κ1) is 15.5. The molecule has 2 atom stereocenters. The zero-order valence-electron chi connectivity index (χ0n) is 12.2. The lowest BCUT2D eigenvalue weighted by Crippen LogP contribution is -2.51. The third-order valence-corrected chi connectivity index (χ3v) is 4.63. The molecule has 1 N–H and O–H groups in total. The molecule has 3 heteroatoms. The van der Waals surface area contributed by atoms with E-state index in [1.807, 2.05) is 6.92 Å². The Labute approximate surface area is 112 Å². The Kier molecular flexibility index (Phi) is 6.13. The lowest BCUT2D eigenvalue weighted by molar-refractivity contribution is -0.150. The van der Waals surface area contributed by atoms with Crippen LogP contribution in [0.25, 0.3) is 0 Å². The van der Waals surface area contributed by atoms with Crippen LogP contribution < -0.4 is 0 Å². The van der Waals surface area contributed by atoms with Gasteiger partial charge in [-0.25, -0.2) is 0 Å². The minimum Gasteiger partial charge on any atom is -0.480 e. The molecule has 0 amide bonds. The molecule has 0 saturated carbocycles. The largest absolute Gasteiger partial charge is 0.480 e. The van der Waals surface area contributed by atoms with Gasteiger partial charge in [0, 0.05) is 6.54 Å². The number of carboxylic acids is 1. The highest BCUT2D eigenvalue weighted by atomic mass is 16.4. The number of likely N-dealkylation sites (tertiary alicyclic amines) is 1. The molecule has 1 fully saturated rings. The maximum absolute atomic E-state index is 11.6. The lowest BCUT2D eigenvalue weighted by atomic mass is 9.91. The summed E-state index contributed by atoms with van der Waals surface area (Å²) in [5.41, 5.74) is -0.570. The molecular formula is C15H29NO2. The Morgan fingerprint density at radius 1 is 1.39 bits per heavy atom. The zero-order chi connectivity index (χ0) is 13.6. The zero-order valence-corrected chi connectivity index (χ0v) is 12.2. The van der Waals surface area contributed by atoms with Gasteiger partial charge in [0.05, 0.1) is 0 Å². The maximum Gasteiger partial charge on any atom is 0.324 e. The van der Waals surface area contributed by atoms with E-state index < -0.39 is 11.5 Å². The van der Waals surface area contributed by atoms with Crippen molar-refractivity contribution in [2.75, 3.05) is 13.1 Å². The van der Waals surface area contributed by atoms with Crippen LogP contribution in [0.2, 0.25) is 0 Å². The third kappa shape index (κ3) is 3.25. The van der Waals surface area contributed by atoms with Crippen molar-refractivity contribution in [1.82, 2.24) is 4.90 Å². The summed E-state index contributed by atoms with van der Waals surface area (Å²) in [5, 5.41) is 9.55. The van der Waals surface area contributed by atoms with Crippen LogP contribution in [0.5, 0.6) is 0 Å². The van der Waals surface area contributed by atoms with Gasteiger partial charge in [0.2, 0.25) is 0 Å². The van der Waals surface area contributed by atoms with E-state index in [-0.39, 0.29) is 0 Å². The van der Waals surface area contributed by atoms with Crippen LogP contribution in [0.3, 0.4) is 0 Å². The monoisotopic (exact) mass is 255 g/mol. The second-order valence-electron chi connectivity index (χ2n) is 5.66. The summed E-state index contributed by atoms with van der Waals surface area (Å²) in [6, 6.07) is 0. The van der Waals surface area contributed by atoms with Gasteiger partial charge in [-0.05, 0) is 38.1 Å². The van der Waals surface area contributed by atoms with Gasteiger partial charge in [-0.1, -0.05) is 40.0 Å². The number of aliphatic carboxylic acids is 1. The van der Waals surface area contributed by atoms with Gasteiger partial charge in [-0.15, -0.1) is 0 Å². The first-order chi connectivity index (χ1) is 8.60. The number of hydrogen-bond acceptors (Lipinski definition) is 2. The highest BCUT2D eigenvalue weighted by molar-refractivity contribution is 5.79. The fraction of sp³-hybridized carbons (Fsp3) is 0.933. The quantitative estimate of drug-likeness (QED) is 0.721. The van der Waals surface area contributed by atoms with Crippen LogP contribution in [-0.2, 0) is 4.79 Å². The Bertz CT molecular complexity index is 267. The smallest absolute Gasteiger partial charge is 0.324 e. The van der Waals surface area contributed by atoms with Crippen molar-refractivity contribution in [2.45, 2.75) is 71.3 Å².